The van der Waals surface area contributed by atoms with E-state index in [4.69, 9.17) is 0 Å². The van der Waals surface area contributed by atoms with Crippen LogP contribution in [0.5, 0.6) is 0 Å². The molecule has 26 heavy (non-hydrogen) atoms. The van der Waals surface area contributed by atoms with E-state index in [-0.39, 0.29) is 11.4 Å². The Morgan fingerprint density at radius 1 is 1.19 bits per heavy atom. The van der Waals surface area contributed by atoms with E-state index >= 15 is 0 Å². The fourth-order valence-electron chi connectivity index (χ4n) is 5.49. The van der Waals surface area contributed by atoms with Gasteiger partial charge < -0.3 is 10.5 Å². The first-order valence-electron chi connectivity index (χ1n) is 9.40. The first-order valence-corrected chi connectivity index (χ1v) is 10.3. The topological polar surface area (TPSA) is 85.1 Å². The molecular formula is C19H25N3O3S. The molecule has 0 unspecified atom stereocenters. The third-order valence-corrected chi connectivity index (χ3v) is 7.23. The number of hydrogen-bond donors (Lipinski definition) is 2. The summed E-state index contributed by atoms with van der Waals surface area (Å²) < 4.78 is 0.726. The Balaban J connectivity index is 1.33. The molecule has 4 aliphatic carbocycles. The summed E-state index contributed by atoms with van der Waals surface area (Å²) in [6, 6.07) is 4.66. The quantitative estimate of drug-likeness (QED) is 0.481. The summed E-state index contributed by atoms with van der Waals surface area (Å²) in [6.45, 7) is 1.70. The second kappa shape index (κ2) is 6.76. The van der Waals surface area contributed by atoms with Gasteiger partial charge in [-0.05, 0) is 81.0 Å². The van der Waals surface area contributed by atoms with Gasteiger partial charge in [-0.15, -0.1) is 0 Å². The third kappa shape index (κ3) is 3.54. The van der Waals surface area contributed by atoms with Crippen molar-refractivity contribution in [3.05, 3.63) is 29.6 Å². The van der Waals surface area contributed by atoms with Crippen LogP contribution in [-0.4, -0.2) is 22.7 Å². The molecule has 3 amide bonds. The van der Waals surface area contributed by atoms with E-state index in [2.05, 4.69) is 10.6 Å². The lowest BCUT2D eigenvalue weighted by molar-refractivity contribution is -0.645. The Labute approximate surface area is 157 Å². The fraction of sp³-hybridized carbons (Fsp3) is 0.632. The molecule has 0 aliphatic heterocycles. The van der Waals surface area contributed by atoms with Crippen molar-refractivity contribution in [3.8, 4) is 0 Å². The van der Waals surface area contributed by atoms with Gasteiger partial charge in [-0.25, -0.2) is 4.79 Å². The molecule has 4 fully saturated rings. The molecule has 0 spiro atoms. The predicted octanol–water partition coefficient (Wildman–Crippen LogP) is 2.60. The lowest BCUT2D eigenvalue weighted by Gasteiger charge is -2.56. The molecule has 1 aromatic heterocycles. The monoisotopic (exact) mass is 375 g/mol. The number of carbonyl (C=O) groups is 2. The van der Waals surface area contributed by atoms with E-state index in [1.54, 1.807) is 25.1 Å². The van der Waals surface area contributed by atoms with Crippen molar-refractivity contribution in [1.82, 2.24) is 10.6 Å². The van der Waals surface area contributed by atoms with Gasteiger partial charge in [0.1, 0.15) is 0 Å². The Bertz CT molecular complexity index is 688. The number of urea groups is 1. The second-order valence-electron chi connectivity index (χ2n) is 8.27. The lowest BCUT2D eigenvalue weighted by atomic mass is 9.53. The minimum absolute atomic E-state index is 0.118. The summed E-state index contributed by atoms with van der Waals surface area (Å²) >= 11 is 1.15. The van der Waals surface area contributed by atoms with Gasteiger partial charge in [0.25, 0.3) is 5.03 Å². The zero-order valence-corrected chi connectivity index (χ0v) is 15.8. The number of aromatic nitrogens is 1. The van der Waals surface area contributed by atoms with Crippen LogP contribution >= 0.6 is 11.8 Å². The van der Waals surface area contributed by atoms with Crippen molar-refractivity contribution >= 4 is 23.7 Å². The van der Waals surface area contributed by atoms with Gasteiger partial charge in [-0.1, -0.05) is 0 Å². The highest BCUT2D eigenvalue weighted by Gasteiger charge is 2.51. The molecule has 140 valence electrons. The molecular weight excluding hydrogens is 350 g/mol. The smallest absolute Gasteiger partial charge is 0.321 e. The second-order valence-corrected chi connectivity index (χ2v) is 9.63. The SMILES string of the molecule is C[C@H](Sc1cccc[n+]1[O-])C(=O)NC(=O)NC12CC3CC(CC(C3)C1)C2. The summed E-state index contributed by atoms with van der Waals surface area (Å²) in [5, 5.41) is 17.2. The van der Waals surface area contributed by atoms with Crippen LogP contribution in [0.25, 0.3) is 0 Å². The van der Waals surface area contributed by atoms with E-state index < -0.39 is 11.3 Å². The molecule has 0 saturated heterocycles. The standard InChI is InChI=1S/C19H25N3O3S/c1-12(26-16-4-2-3-5-22(16)25)17(23)20-18(24)21-19-9-13-6-14(10-19)8-15(7-13)11-19/h2-5,12-15H,6-11H2,1H3,(H2,20,21,23,24)/t12-,13?,14?,15?,19?/m0/s1. The summed E-state index contributed by atoms with van der Waals surface area (Å²) in [6.07, 6.45) is 8.46. The van der Waals surface area contributed by atoms with E-state index in [0.29, 0.717) is 5.03 Å². The van der Waals surface area contributed by atoms with E-state index in [1.165, 1.54) is 25.5 Å². The maximum Gasteiger partial charge on any atom is 0.321 e. The first-order chi connectivity index (χ1) is 12.4. The summed E-state index contributed by atoms with van der Waals surface area (Å²) in [4.78, 5) is 24.8. The van der Waals surface area contributed by atoms with Crippen molar-refractivity contribution < 1.29 is 14.3 Å². The molecule has 7 heteroatoms. The normalized spacial score (nSPS) is 32.9. The van der Waals surface area contributed by atoms with Gasteiger partial charge in [0.2, 0.25) is 5.91 Å². The van der Waals surface area contributed by atoms with Crippen molar-refractivity contribution in [2.75, 3.05) is 0 Å². The van der Waals surface area contributed by atoms with Crippen LogP contribution in [0, 0.1) is 23.0 Å². The summed E-state index contributed by atoms with van der Waals surface area (Å²) in [7, 11) is 0. The highest BCUT2D eigenvalue weighted by atomic mass is 32.2. The van der Waals surface area contributed by atoms with Gasteiger partial charge in [0.05, 0.1) is 5.25 Å². The molecule has 6 nitrogen and oxygen atoms in total. The van der Waals surface area contributed by atoms with Crippen LogP contribution in [0.15, 0.2) is 29.4 Å². The molecule has 5 rings (SSSR count). The zero-order chi connectivity index (χ0) is 18.3. The number of rotatable bonds is 4. The van der Waals surface area contributed by atoms with E-state index in [0.717, 1.165) is 53.5 Å². The van der Waals surface area contributed by atoms with Crippen molar-refractivity contribution in [2.45, 2.75) is 61.3 Å². The molecule has 0 radical (unpaired) electrons. The Morgan fingerprint density at radius 2 is 1.81 bits per heavy atom. The van der Waals surface area contributed by atoms with Crippen LogP contribution in [-0.2, 0) is 4.79 Å². The number of carbonyl (C=O) groups excluding carboxylic acids is 2. The maximum atomic E-state index is 12.4. The van der Waals surface area contributed by atoms with E-state index in [1.807, 2.05) is 0 Å². The zero-order valence-electron chi connectivity index (χ0n) is 14.9. The number of nitrogens with zero attached hydrogens (tertiary/aromatic N) is 1. The first kappa shape index (κ1) is 17.6. The summed E-state index contributed by atoms with van der Waals surface area (Å²) in [5.41, 5.74) is -0.118. The van der Waals surface area contributed by atoms with Crippen LogP contribution in [0.3, 0.4) is 0 Å². The third-order valence-electron chi connectivity index (χ3n) is 6.11. The van der Waals surface area contributed by atoms with E-state index in [9.17, 15) is 14.8 Å². The summed E-state index contributed by atoms with van der Waals surface area (Å²) in [5.74, 6) is 1.83. The van der Waals surface area contributed by atoms with Crippen molar-refractivity contribution in [3.63, 3.8) is 0 Å². The lowest BCUT2D eigenvalue weighted by Crippen LogP contribution is -2.62. The minimum Gasteiger partial charge on any atom is -0.618 e. The molecule has 4 aliphatic rings. The Kier molecular flexibility index (Phi) is 4.59. The number of nitrogens with one attached hydrogen (secondary N) is 2. The fourth-order valence-corrected chi connectivity index (χ4v) is 6.34. The molecule has 2 N–H and O–H groups in total. The highest BCUT2D eigenvalue weighted by Crippen LogP contribution is 2.55. The average Bonchev–Trinajstić information content (AvgIpc) is 2.54. The highest BCUT2D eigenvalue weighted by molar-refractivity contribution is 8.00. The number of amides is 3. The molecule has 1 atom stereocenters. The number of thioether (sulfide) groups is 1. The Hall–Kier alpha value is -1.76. The van der Waals surface area contributed by atoms with Gasteiger partial charge >= 0.3 is 6.03 Å². The maximum absolute atomic E-state index is 12.4. The minimum atomic E-state index is -0.528. The van der Waals surface area contributed by atoms with Gasteiger partial charge in [0.15, 0.2) is 6.20 Å². The van der Waals surface area contributed by atoms with Crippen LogP contribution in [0.2, 0.25) is 0 Å². The molecule has 1 heterocycles. The van der Waals surface area contributed by atoms with Crippen LogP contribution in [0.4, 0.5) is 4.79 Å². The molecule has 0 aromatic carbocycles. The Morgan fingerprint density at radius 3 is 2.38 bits per heavy atom. The number of pyridine rings is 1. The molecule has 1 aromatic rings. The van der Waals surface area contributed by atoms with Gasteiger partial charge in [-0.2, -0.15) is 4.73 Å². The van der Waals surface area contributed by atoms with Crippen molar-refractivity contribution in [1.29, 1.82) is 0 Å². The molecule has 4 saturated carbocycles. The largest absolute Gasteiger partial charge is 0.618 e. The predicted molar refractivity (Wildman–Crippen MR) is 98.3 cm³/mol. The van der Waals surface area contributed by atoms with Crippen molar-refractivity contribution in [2.24, 2.45) is 17.8 Å². The average molecular weight is 375 g/mol. The number of imide groups is 1. The molecule has 4 bridgehead atoms. The van der Waals surface area contributed by atoms with Crippen LogP contribution < -0.4 is 15.4 Å². The number of hydrogen-bond acceptors (Lipinski definition) is 4. The van der Waals surface area contributed by atoms with Gasteiger partial charge in [-0.3, -0.25) is 10.1 Å². The van der Waals surface area contributed by atoms with Gasteiger partial charge in [0, 0.05) is 17.7 Å². The van der Waals surface area contributed by atoms with Crippen LogP contribution in [0.1, 0.15) is 45.4 Å².